The third-order valence-corrected chi connectivity index (χ3v) is 5.66. The lowest BCUT2D eigenvalue weighted by molar-refractivity contribution is 0.386. The Hall–Kier alpha value is -3.05. The fraction of sp³-hybridized carbons (Fsp3) is 0.125. The normalized spacial score (nSPS) is 10.9. The Morgan fingerprint density at radius 3 is 2.45 bits per heavy atom. The predicted molar refractivity (Wildman–Crippen MR) is 116 cm³/mol. The minimum atomic E-state index is -0.355. The zero-order valence-electron chi connectivity index (χ0n) is 16.2. The molecule has 4 aromatic rings. The maximum Gasteiger partial charge on any atom is 0.165 e. The molecule has 0 aliphatic heterocycles. The number of ether oxygens (including phenoxy) is 2. The Bertz CT molecular complexity index is 1150. The summed E-state index contributed by atoms with van der Waals surface area (Å²) in [5.74, 6) is 1.27. The van der Waals surface area contributed by atoms with E-state index in [2.05, 4.69) is 18.2 Å². The number of methoxy groups -OCH3 is 2. The van der Waals surface area contributed by atoms with Gasteiger partial charge in [-0.1, -0.05) is 36.4 Å². The minimum Gasteiger partial charge on any atom is -0.497 e. The smallest absolute Gasteiger partial charge is 0.165 e. The first-order valence-corrected chi connectivity index (χ1v) is 10.2. The van der Waals surface area contributed by atoms with Crippen LogP contribution in [0, 0.1) is 5.82 Å². The minimum absolute atomic E-state index is 0.251. The van der Waals surface area contributed by atoms with Crippen molar-refractivity contribution in [2.45, 2.75) is 10.8 Å². The highest BCUT2D eigenvalue weighted by atomic mass is 32.2. The average Bonchev–Trinajstić information content (AvgIpc) is 2.77. The van der Waals surface area contributed by atoms with Crippen LogP contribution in [0.15, 0.2) is 77.8 Å². The topological polar surface area (TPSA) is 31.4 Å². The van der Waals surface area contributed by atoms with Gasteiger partial charge in [-0.15, -0.1) is 11.8 Å². The van der Waals surface area contributed by atoms with Crippen molar-refractivity contribution in [3.05, 3.63) is 84.2 Å². The van der Waals surface area contributed by atoms with E-state index >= 15 is 0 Å². The molecule has 5 heteroatoms. The van der Waals surface area contributed by atoms with E-state index in [0.717, 1.165) is 38.4 Å². The molecule has 4 rings (SSSR count). The number of hydrogen-bond donors (Lipinski definition) is 0. The van der Waals surface area contributed by atoms with Gasteiger partial charge in [0.1, 0.15) is 5.75 Å². The molecule has 0 unspecified atom stereocenters. The lowest BCUT2D eigenvalue weighted by Gasteiger charge is -2.11. The Morgan fingerprint density at radius 1 is 0.897 bits per heavy atom. The molecule has 0 atom stereocenters. The van der Waals surface area contributed by atoms with E-state index in [0.29, 0.717) is 5.75 Å². The monoisotopic (exact) mass is 405 g/mol. The zero-order chi connectivity index (χ0) is 20.2. The highest BCUT2D eigenvalue weighted by Gasteiger charge is 2.11. The van der Waals surface area contributed by atoms with Crippen LogP contribution in [0.25, 0.3) is 22.0 Å². The molecule has 3 aromatic carbocycles. The third kappa shape index (κ3) is 4.20. The number of aromatic nitrogens is 1. The second-order valence-electron chi connectivity index (χ2n) is 6.51. The van der Waals surface area contributed by atoms with Crippen LogP contribution in [0.5, 0.6) is 11.5 Å². The van der Waals surface area contributed by atoms with E-state index in [-0.39, 0.29) is 11.6 Å². The molecule has 0 amide bonds. The number of nitrogens with zero attached hydrogens (tertiary/aromatic N) is 1. The van der Waals surface area contributed by atoms with Gasteiger partial charge in [0.25, 0.3) is 0 Å². The van der Waals surface area contributed by atoms with Crippen LogP contribution in [0.2, 0.25) is 0 Å². The average molecular weight is 405 g/mol. The summed E-state index contributed by atoms with van der Waals surface area (Å²) < 4.78 is 24.4. The van der Waals surface area contributed by atoms with E-state index in [4.69, 9.17) is 14.5 Å². The molecule has 3 nitrogen and oxygen atoms in total. The molecule has 0 aliphatic carbocycles. The van der Waals surface area contributed by atoms with E-state index in [1.54, 1.807) is 24.9 Å². The SMILES string of the molecule is COc1ccc2c(-c3ccccc3)cc(SCc3ccc(OC)c(F)c3)nc2c1. The van der Waals surface area contributed by atoms with Gasteiger partial charge in [0.15, 0.2) is 11.6 Å². The molecular formula is C24H20FNO2S. The summed E-state index contributed by atoms with van der Waals surface area (Å²) in [6.07, 6.45) is 0. The van der Waals surface area contributed by atoms with Gasteiger partial charge in [0.2, 0.25) is 0 Å². The molecule has 0 saturated carbocycles. The predicted octanol–water partition coefficient (Wildman–Crippen LogP) is 6.35. The summed E-state index contributed by atoms with van der Waals surface area (Å²) in [7, 11) is 3.11. The fourth-order valence-corrected chi connectivity index (χ4v) is 4.06. The molecule has 0 saturated heterocycles. The molecule has 0 aliphatic rings. The Kier molecular flexibility index (Phi) is 5.67. The van der Waals surface area contributed by atoms with Gasteiger partial charge in [-0.3, -0.25) is 0 Å². The molecule has 0 bridgehead atoms. The van der Waals surface area contributed by atoms with Gasteiger partial charge in [0, 0.05) is 17.2 Å². The van der Waals surface area contributed by atoms with E-state index < -0.39 is 0 Å². The van der Waals surface area contributed by atoms with Crippen LogP contribution in [-0.2, 0) is 5.75 Å². The van der Waals surface area contributed by atoms with Crippen molar-refractivity contribution in [1.82, 2.24) is 4.98 Å². The van der Waals surface area contributed by atoms with Gasteiger partial charge in [0.05, 0.1) is 24.8 Å². The van der Waals surface area contributed by atoms with Crippen molar-refractivity contribution in [3.8, 4) is 22.6 Å². The summed E-state index contributed by atoms with van der Waals surface area (Å²) in [6, 6.07) is 23.3. The van der Waals surface area contributed by atoms with Gasteiger partial charge >= 0.3 is 0 Å². The number of fused-ring (bicyclic) bond motifs is 1. The van der Waals surface area contributed by atoms with E-state index in [1.165, 1.54) is 13.2 Å². The zero-order valence-corrected chi connectivity index (χ0v) is 17.0. The molecule has 146 valence electrons. The number of halogens is 1. The largest absolute Gasteiger partial charge is 0.497 e. The number of benzene rings is 3. The van der Waals surface area contributed by atoms with Crippen LogP contribution in [-0.4, -0.2) is 19.2 Å². The molecule has 0 N–H and O–H groups in total. The van der Waals surface area contributed by atoms with Crippen LogP contribution in [0.3, 0.4) is 0 Å². The summed E-state index contributed by atoms with van der Waals surface area (Å²) >= 11 is 1.57. The quantitative estimate of drug-likeness (QED) is 0.350. The summed E-state index contributed by atoms with van der Waals surface area (Å²) in [5.41, 5.74) is 3.99. The van der Waals surface area contributed by atoms with Crippen molar-refractivity contribution in [3.63, 3.8) is 0 Å². The first kappa shape index (κ1) is 19.3. The third-order valence-electron chi connectivity index (χ3n) is 4.68. The lowest BCUT2D eigenvalue weighted by atomic mass is 10.0. The second-order valence-corrected chi connectivity index (χ2v) is 7.51. The summed E-state index contributed by atoms with van der Waals surface area (Å²) in [6.45, 7) is 0. The lowest BCUT2D eigenvalue weighted by Crippen LogP contribution is -1.92. The van der Waals surface area contributed by atoms with Crippen molar-refractivity contribution in [2.24, 2.45) is 0 Å². The summed E-state index contributed by atoms with van der Waals surface area (Å²) in [5, 5.41) is 1.94. The van der Waals surface area contributed by atoms with Gasteiger partial charge in [-0.2, -0.15) is 0 Å². The van der Waals surface area contributed by atoms with Crippen LogP contribution in [0.4, 0.5) is 4.39 Å². The maximum atomic E-state index is 14.0. The second kappa shape index (κ2) is 8.53. The molecule has 0 fully saturated rings. The Balaban J connectivity index is 1.71. The van der Waals surface area contributed by atoms with Crippen molar-refractivity contribution < 1.29 is 13.9 Å². The Morgan fingerprint density at radius 2 is 1.72 bits per heavy atom. The van der Waals surface area contributed by atoms with Crippen LogP contribution >= 0.6 is 11.8 Å². The van der Waals surface area contributed by atoms with Crippen LogP contribution < -0.4 is 9.47 Å². The molecule has 0 spiro atoms. The molecular weight excluding hydrogens is 385 g/mol. The number of thioether (sulfide) groups is 1. The maximum absolute atomic E-state index is 14.0. The van der Waals surface area contributed by atoms with Gasteiger partial charge in [-0.05, 0) is 47.0 Å². The van der Waals surface area contributed by atoms with Gasteiger partial charge < -0.3 is 9.47 Å². The molecule has 1 aromatic heterocycles. The highest BCUT2D eigenvalue weighted by Crippen LogP contribution is 2.34. The van der Waals surface area contributed by atoms with Crippen molar-refractivity contribution in [1.29, 1.82) is 0 Å². The highest BCUT2D eigenvalue weighted by molar-refractivity contribution is 7.98. The molecule has 0 radical (unpaired) electrons. The van der Waals surface area contributed by atoms with Crippen molar-refractivity contribution >= 4 is 22.7 Å². The summed E-state index contributed by atoms with van der Waals surface area (Å²) in [4.78, 5) is 4.81. The fourth-order valence-electron chi connectivity index (χ4n) is 3.20. The first-order chi connectivity index (χ1) is 14.2. The number of rotatable bonds is 6. The first-order valence-electron chi connectivity index (χ1n) is 9.17. The molecule has 29 heavy (non-hydrogen) atoms. The van der Waals surface area contributed by atoms with Crippen molar-refractivity contribution in [2.75, 3.05) is 14.2 Å². The van der Waals surface area contributed by atoms with Crippen LogP contribution in [0.1, 0.15) is 5.56 Å². The van der Waals surface area contributed by atoms with E-state index in [9.17, 15) is 4.39 Å². The molecule has 1 heterocycles. The number of pyridine rings is 1. The van der Waals surface area contributed by atoms with Gasteiger partial charge in [-0.25, -0.2) is 9.37 Å². The van der Waals surface area contributed by atoms with E-state index in [1.807, 2.05) is 42.5 Å². The number of hydrogen-bond acceptors (Lipinski definition) is 4. The Labute approximate surface area is 173 Å². The standard InChI is InChI=1S/C24H20FNO2S/c1-27-18-9-10-19-20(17-6-4-3-5-7-17)14-24(26-22(19)13-18)29-15-16-8-11-23(28-2)21(25)12-16/h3-14H,15H2,1-2H3.